The first-order chi connectivity index (χ1) is 22.4. The second-order valence-corrected chi connectivity index (χ2v) is 14.7. The SMILES string of the molecule is Cc1cc(-c2cccc(C3=C(c4ccccc4)C(c4ccccc4)=C(c4cccc(-c5cc(C)nc(C)c5)n4)[SiH]3C)n2)cc(C)n1. The molecular weight excluding hydrogens is 577 g/mol. The molecule has 0 N–H and O–H groups in total. The summed E-state index contributed by atoms with van der Waals surface area (Å²) in [7, 11) is -1.85. The first-order valence-electron chi connectivity index (χ1n) is 15.8. The third kappa shape index (κ3) is 5.66. The van der Waals surface area contributed by atoms with Gasteiger partial charge in [-0.05, 0) is 109 Å². The Balaban J connectivity index is 1.47. The van der Waals surface area contributed by atoms with Gasteiger partial charge in [-0.25, -0.2) is 9.97 Å². The number of aromatic nitrogens is 4. The highest BCUT2D eigenvalue weighted by molar-refractivity contribution is 6.99. The van der Waals surface area contributed by atoms with E-state index in [0.29, 0.717) is 0 Å². The number of aryl methyl sites for hydroxylation is 4. The first-order valence-corrected chi connectivity index (χ1v) is 18.1. The van der Waals surface area contributed by atoms with Crippen molar-refractivity contribution in [1.29, 1.82) is 0 Å². The van der Waals surface area contributed by atoms with Crippen LogP contribution in [0.4, 0.5) is 0 Å². The third-order valence-electron chi connectivity index (χ3n) is 8.58. The Morgan fingerprint density at radius 3 is 1.09 bits per heavy atom. The minimum absolute atomic E-state index is 0.963. The van der Waals surface area contributed by atoms with Gasteiger partial charge in [-0.15, -0.1) is 0 Å². The zero-order valence-corrected chi connectivity index (χ0v) is 28.1. The zero-order valence-electron chi connectivity index (χ0n) is 26.9. The Labute approximate surface area is 272 Å². The lowest BCUT2D eigenvalue weighted by atomic mass is 9.90. The molecule has 46 heavy (non-hydrogen) atoms. The maximum absolute atomic E-state index is 5.37. The van der Waals surface area contributed by atoms with Gasteiger partial charge in [0.05, 0.1) is 22.8 Å². The monoisotopic (exact) mass is 612 g/mol. The molecule has 0 bridgehead atoms. The summed E-state index contributed by atoms with van der Waals surface area (Å²) in [5.74, 6) is 0. The predicted molar refractivity (Wildman–Crippen MR) is 193 cm³/mol. The van der Waals surface area contributed by atoms with Crippen molar-refractivity contribution in [3.8, 4) is 22.5 Å². The molecule has 5 heteroatoms. The summed E-state index contributed by atoms with van der Waals surface area (Å²) in [5, 5.41) is 2.68. The van der Waals surface area contributed by atoms with Crippen molar-refractivity contribution in [3.05, 3.63) is 167 Å². The van der Waals surface area contributed by atoms with E-state index in [9.17, 15) is 0 Å². The molecule has 4 aromatic heterocycles. The average Bonchev–Trinajstić information content (AvgIpc) is 3.37. The highest BCUT2D eigenvalue weighted by atomic mass is 28.3. The normalized spacial score (nSPS) is 13.5. The van der Waals surface area contributed by atoms with Crippen LogP contribution < -0.4 is 0 Å². The Kier molecular flexibility index (Phi) is 7.85. The molecule has 0 saturated carbocycles. The van der Waals surface area contributed by atoms with Crippen molar-refractivity contribution in [2.45, 2.75) is 34.2 Å². The van der Waals surface area contributed by atoms with Crippen LogP contribution in [0, 0.1) is 27.7 Å². The van der Waals surface area contributed by atoms with Gasteiger partial charge in [-0.1, -0.05) is 79.3 Å². The van der Waals surface area contributed by atoms with Crippen LogP contribution in [0.1, 0.15) is 45.3 Å². The summed E-state index contributed by atoms with van der Waals surface area (Å²) in [6, 6.07) is 43.0. The standard InChI is InChI=1S/C41H36N4Si/c1-26-22-32(23-27(2)42-26)34-18-12-20-36(44-34)40-38(30-14-8-6-9-15-30)39(31-16-10-7-11-17-31)41(46(40)5)37-21-13-19-35(45-37)33-24-28(3)43-29(4)25-33/h6-25,46H,1-5H3. The lowest BCUT2D eigenvalue weighted by molar-refractivity contribution is 1.12. The smallest absolute Gasteiger partial charge is 0.107 e. The maximum atomic E-state index is 5.37. The molecule has 0 saturated heterocycles. The molecule has 0 radical (unpaired) electrons. The molecule has 0 unspecified atom stereocenters. The second kappa shape index (κ2) is 12.3. The van der Waals surface area contributed by atoms with Gasteiger partial charge in [-0.2, -0.15) is 0 Å². The molecule has 1 aliphatic rings. The van der Waals surface area contributed by atoms with Crippen molar-refractivity contribution in [1.82, 2.24) is 19.9 Å². The van der Waals surface area contributed by atoms with E-state index in [1.165, 1.54) is 32.7 Å². The number of rotatable bonds is 6. The molecule has 4 nitrogen and oxygen atoms in total. The van der Waals surface area contributed by atoms with Gasteiger partial charge in [0.2, 0.25) is 0 Å². The summed E-state index contributed by atoms with van der Waals surface area (Å²) in [4.78, 5) is 19.9. The molecular formula is C41H36N4Si. The number of allylic oxidation sites excluding steroid dienone is 2. The van der Waals surface area contributed by atoms with E-state index in [1.54, 1.807) is 0 Å². The Hall–Kier alpha value is -5.26. The Bertz CT molecular complexity index is 1950. The van der Waals surface area contributed by atoms with E-state index in [1.807, 2.05) is 27.7 Å². The second-order valence-electron chi connectivity index (χ2n) is 12.1. The van der Waals surface area contributed by atoms with Gasteiger partial charge >= 0.3 is 0 Å². The summed E-state index contributed by atoms with van der Waals surface area (Å²) < 4.78 is 0. The van der Waals surface area contributed by atoms with E-state index < -0.39 is 8.80 Å². The number of pyridine rings is 4. The molecule has 2 aromatic carbocycles. The lowest BCUT2D eigenvalue weighted by Gasteiger charge is -2.16. The Morgan fingerprint density at radius 1 is 0.370 bits per heavy atom. The molecule has 7 rings (SSSR count). The fourth-order valence-corrected chi connectivity index (χ4v) is 9.80. The molecule has 0 amide bonds. The minimum atomic E-state index is -1.85. The van der Waals surface area contributed by atoms with E-state index in [4.69, 9.17) is 9.97 Å². The third-order valence-corrected chi connectivity index (χ3v) is 11.5. The fraction of sp³-hybridized carbons (Fsp3) is 0.122. The first kappa shape index (κ1) is 29.4. The molecule has 1 aliphatic heterocycles. The zero-order chi connectivity index (χ0) is 31.8. The van der Waals surface area contributed by atoms with Crippen LogP contribution in [0.5, 0.6) is 0 Å². The topological polar surface area (TPSA) is 51.6 Å². The maximum Gasteiger partial charge on any atom is 0.107 e. The van der Waals surface area contributed by atoms with Crippen LogP contribution in [0.15, 0.2) is 121 Å². The summed E-state index contributed by atoms with van der Waals surface area (Å²) in [5.41, 5.74) is 15.1. The van der Waals surface area contributed by atoms with E-state index in [0.717, 1.165) is 56.7 Å². The van der Waals surface area contributed by atoms with E-state index >= 15 is 0 Å². The van der Waals surface area contributed by atoms with Gasteiger partial charge < -0.3 is 0 Å². The molecule has 224 valence electrons. The predicted octanol–water partition coefficient (Wildman–Crippen LogP) is 9.30. The van der Waals surface area contributed by atoms with Crippen molar-refractivity contribution < 1.29 is 0 Å². The van der Waals surface area contributed by atoms with Crippen molar-refractivity contribution in [2.24, 2.45) is 0 Å². The van der Waals surface area contributed by atoms with Crippen molar-refractivity contribution in [3.63, 3.8) is 0 Å². The molecule has 0 fully saturated rings. The highest BCUT2D eigenvalue weighted by Gasteiger charge is 2.36. The molecule has 0 atom stereocenters. The highest BCUT2D eigenvalue weighted by Crippen LogP contribution is 2.50. The van der Waals surface area contributed by atoms with Crippen LogP contribution in [-0.2, 0) is 0 Å². The van der Waals surface area contributed by atoms with Gasteiger partial charge in [-0.3, -0.25) is 9.97 Å². The van der Waals surface area contributed by atoms with Gasteiger partial charge in [0.1, 0.15) is 8.80 Å². The fourth-order valence-electron chi connectivity index (χ4n) is 6.81. The summed E-state index contributed by atoms with van der Waals surface area (Å²) >= 11 is 0. The minimum Gasteiger partial charge on any atom is -0.258 e. The van der Waals surface area contributed by atoms with Crippen LogP contribution in [0.2, 0.25) is 6.55 Å². The average molecular weight is 613 g/mol. The lowest BCUT2D eigenvalue weighted by Crippen LogP contribution is -2.13. The molecule has 6 aromatic rings. The van der Waals surface area contributed by atoms with Gasteiger partial charge in [0.25, 0.3) is 0 Å². The summed E-state index contributed by atoms with van der Waals surface area (Å²) in [6.45, 7) is 10.6. The number of hydrogen-bond donors (Lipinski definition) is 0. The summed E-state index contributed by atoms with van der Waals surface area (Å²) in [6.07, 6.45) is 0. The molecule has 0 aliphatic carbocycles. The van der Waals surface area contributed by atoms with Crippen LogP contribution >= 0.6 is 0 Å². The van der Waals surface area contributed by atoms with Crippen LogP contribution in [0.3, 0.4) is 0 Å². The molecule has 5 heterocycles. The van der Waals surface area contributed by atoms with Crippen molar-refractivity contribution >= 4 is 30.3 Å². The number of nitrogens with zero attached hydrogens (tertiary/aromatic N) is 4. The quantitative estimate of drug-likeness (QED) is 0.176. The number of hydrogen-bond acceptors (Lipinski definition) is 4. The van der Waals surface area contributed by atoms with E-state index in [-0.39, 0.29) is 0 Å². The largest absolute Gasteiger partial charge is 0.258 e. The van der Waals surface area contributed by atoms with Gasteiger partial charge in [0, 0.05) is 33.9 Å². The van der Waals surface area contributed by atoms with Crippen molar-refractivity contribution in [2.75, 3.05) is 0 Å². The van der Waals surface area contributed by atoms with Gasteiger partial charge in [0.15, 0.2) is 0 Å². The molecule has 0 spiro atoms. The van der Waals surface area contributed by atoms with E-state index in [2.05, 4.69) is 138 Å². The van der Waals surface area contributed by atoms with Crippen LogP contribution in [0.25, 0.3) is 44.1 Å². The Morgan fingerprint density at radius 2 is 0.717 bits per heavy atom. The number of benzene rings is 2. The van der Waals surface area contributed by atoms with Crippen LogP contribution in [-0.4, -0.2) is 28.7 Å².